The number of fused-ring (bicyclic) bond motifs is 1. The maximum atomic E-state index is 15.1. The van der Waals surface area contributed by atoms with E-state index in [1.807, 2.05) is 20.8 Å². The Bertz CT molecular complexity index is 1500. The Balaban J connectivity index is 1.98. The van der Waals surface area contributed by atoms with Gasteiger partial charge in [0, 0.05) is 33.7 Å². The zero-order valence-corrected chi connectivity index (χ0v) is 20.8. The number of aryl methyl sites for hydroxylation is 1. The fourth-order valence-corrected chi connectivity index (χ4v) is 4.71. The van der Waals surface area contributed by atoms with Crippen LogP contribution in [0, 0.1) is 12.7 Å². The van der Waals surface area contributed by atoms with Crippen LogP contribution in [0.4, 0.5) is 4.39 Å². The molecule has 2 aromatic heterocycles. The minimum absolute atomic E-state index is 0.120. The topological polar surface area (TPSA) is 85.3 Å². The number of carboxylic acids is 1. The summed E-state index contributed by atoms with van der Waals surface area (Å²) in [6, 6.07) is 8.03. The van der Waals surface area contributed by atoms with E-state index in [1.165, 1.54) is 10.6 Å². The van der Waals surface area contributed by atoms with Crippen LogP contribution in [0.1, 0.15) is 48.0 Å². The third-order valence-electron chi connectivity index (χ3n) is 5.52. The summed E-state index contributed by atoms with van der Waals surface area (Å²) in [6.45, 7) is 7.40. The third kappa shape index (κ3) is 4.49. The smallest absolute Gasteiger partial charge is 0.328 e. The van der Waals surface area contributed by atoms with E-state index in [-0.39, 0.29) is 22.2 Å². The van der Waals surface area contributed by atoms with E-state index in [9.17, 15) is 9.59 Å². The van der Waals surface area contributed by atoms with Crippen molar-refractivity contribution in [2.75, 3.05) is 0 Å². The first-order valence-electron chi connectivity index (χ1n) is 10.6. The molecule has 0 fully saturated rings. The van der Waals surface area contributed by atoms with Gasteiger partial charge in [0.15, 0.2) is 5.76 Å². The second kappa shape index (κ2) is 8.98. The standard InChI is InChI=1S/C26H21Cl2FN2O4/c1-13-10-15(27)11-16(28)20(13)23-22(24(35-30-23)26(2,3)4)25(34)31-12-17(29)21-14(8-9-19(32)33)6-5-7-18(21)31/h5-12H,1-4H3,(H,32,33)/b9-8+. The number of hydrogen-bond acceptors (Lipinski definition) is 4. The fraction of sp³-hybridized carbons (Fsp3) is 0.192. The van der Waals surface area contributed by atoms with Crippen LogP contribution in [-0.4, -0.2) is 26.7 Å². The van der Waals surface area contributed by atoms with Gasteiger partial charge in [-0.2, -0.15) is 0 Å². The molecule has 4 aromatic rings. The van der Waals surface area contributed by atoms with Crippen LogP contribution >= 0.6 is 23.2 Å². The van der Waals surface area contributed by atoms with Crippen molar-refractivity contribution in [3.05, 3.63) is 80.9 Å². The molecule has 0 saturated heterocycles. The summed E-state index contributed by atoms with van der Waals surface area (Å²) in [5.41, 5.74) is 1.53. The van der Waals surface area contributed by atoms with Gasteiger partial charge < -0.3 is 9.63 Å². The van der Waals surface area contributed by atoms with E-state index in [0.29, 0.717) is 32.5 Å². The molecule has 1 N–H and O–H groups in total. The van der Waals surface area contributed by atoms with Gasteiger partial charge in [-0.3, -0.25) is 9.36 Å². The molecule has 6 nitrogen and oxygen atoms in total. The molecule has 0 saturated carbocycles. The van der Waals surface area contributed by atoms with Gasteiger partial charge >= 0.3 is 5.97 Å². The van der Waals surface area contributed by atoms with Crippen LogP contribution in [0.25, 0.3) is 28.2 Å². The van der Waals surface area contributed by atoms with Crippen molar-refractivity contribution in [1.29, 1.82) is 0 Å². The van der Waals surface area contributed by atoms with Crippen molar-refractivity contribution in [2.24, 2.45) is 0 Å². The van der Waals surface area contributed by atoms with Gasteiger partial charge in [-0.05, 0) is 42.3 Å². The number of carbonyl (C=O) groups is 2. The molecule has 4 rings (SSSR count). The third-order valence-corrected chi connectivity index (χ3v) is 6.03. The number of aromatic nitrogens is 2. The molecule has 9 heteroatoms. The number of nitrogens with zero attached hydrogens (tertiary/aromatic N) is 2. The number of hydrogen-bond donors (Lipinski definition) is 1. The molecule has 0 atom stereocenters. The Labute approximate surface area is 210 Å². The normalized spacial score (nSPS) is 12.1. The second-order valence-electron chi connectivity index (χ2n) is 9.13. The van der Waals surface area contributed by atoms with E-state index in [4.69, 9.17) is 32.8 Å². The zero-order valence-electron chi connectivity index (χ0n) is 19.3. The highest BCUT2D eigenvalue weighted by Crippen LogP contribution is 2.40. The van der Waals surface area contributed by atoms with Crippen molar-refractivity contribution in [3.8, 4) is 11.3 Å². The molecule has 0 radical (unpaired) electrons. The number of rotatable bonds is 4. The predicted octanol–water partition coefficient (Wildman–Crippen LogP) is 7.13. The average molecular weight is 515 g/mol. The molecule has 0 unspecified atom stereocenters. The van der Waals surface area contributed by atoms with Gasteiger partial charge in [-0.15, -0.1) is 0 Å². The summed E-state index contributed by atoms with van der Waals surface area (Å²) < 4.78 is 21.9. The first kappa shape index (κ1) is 24.7. The highest BCUT2D eigenvalue weighted by atomic mass is 35.5. The monoisotopic (exact) mass is 514 g/mol. The van der Waals surface area contributed by atoms with Gasteiger partial charge in [0.2, 0.25) is 0 Å². The Hall–Kier alpha value is -3.42. The molecule has 0 aliphatic rings. The SMILES string of the molecule is Cc1cc(Cl)cc(Cl)c1-c1noc(C(C)(C)C)c1C(=O)n1cc(F)c2c(/C=C/C(=O)O)cccc21. The zero-order chi connectivity index (χ0) is 25.7. The second-order valence-corrected chi connectivity index (χ2v) is 9.97. The molecular weight excluding hydrogens is 494 g/mol. The molecule has 0 aliphatic heterocycles. The van der Waals surface area contributed by atoms with Crippen LogP contribution in [0.5, 0.6) is 0 Å². The lowest BCUT2D eigenvalue weighted by atomic mass is 9.88. The molecule has 0 amide bonds. The molecule has 2 aromatic carbocycles. The van der Waals surface area contributed by atoms with E-state index in [2.05, 4.69) is 5.16 Å². The highest BCUT2D eigenvalue weighted by Gasteiger charge is 2.34. The number of aliphatic carboxylic acids is 1. The van der Waals surface area contributed by atoms with Gasteiger partial charge in [0.25, 0.3) is 5.91 Å². The Kier molecular flexibility index (Phi) is 6.34. The van der Waals surface area contributed by atoms with E-state index < -0.39 is 23.1 Å². The van der Waals surface area contributed by atoms with Crippen LogP contribution in [0.3, 0.4) is 0 Å². The Morgan fingerprint density at radius 1 is 1.20 bits per heavy atom. The highest BCUT2D eigenvalue weighted by molar-refractivity contribution is 6.36. The number of carbonyl (C=O) groups excluding carboxylic acids is 1. The van der Waals surface area contributed by atoms with E-state index in [0.717, 1.165) is 12.3 Å². The van der Waals surface area contributed by atoms with Crippen molar-refractivity contribution in [3.63, 3.8) is 0 Å². The van der Waals surface area contributed by atoms with Crippen molar-refractivity contribution in [2.45, 2.75) is 33.1 Å². The molecule has 0 spiro atoms. The Morgan fingerprint density at radius 2 is 1.91 bits per heavy atom. The summed E-state index contributed by atoms with van der Waals surface area (Å²) in [5.74, 6) is -2.09. The summed E-state index contributed by atoms with van der Waals surface area (Å²) >= 11 is 12.6. The lowest BCUT2D eigenvalue weighted by molar-refractivity contribution is -0.131. The number of halogens is 3. The van der Waals surface area contributed by atoms with E-state index >= 15 is 4.39 Å². The number of benzene rings is 2. The van der Waals surface area contributed by atoms with Crippen LogP contribution in [0.2, 0.25) is 10.0 Å². The summed E-state index contributed by atoms with van der Waals surface area (Å²) in [6.07, 6.45) is 3.27. The van der Waals surface area contributed by atoms with Gasteiger partial charge in [0.05, 0.1) is 10.5 Å². The predicted molar refractivity (Wildman–Crippen MR) is 134 cm³/mol. The van der Waals surface area contributed by atoms with Crippen LogP contribution < -0.4 is 0 Å². The summed E-state index contributed by atoms with van der Waals surface area (Å²) in [4.78, 5) is 24.9. The summed E-state index contributed by atoms with van der Waals surface area (Å²) in [7, 11) is 0. The van der Waals surface area contributed by atoms with Crippen molar-refractivity contribution < 1.29 is 23.6 Å². The number of carboxylic acid groups (broad SMARTS) is 1. The molecule has 2 heterocycles. The minimum atomic E-state index is -1.17. The van der Waals surface area contributed by atoms with Crippen LogP contribution in [0.15, 0.2) is 47.1 Å². The average Bonchev–Trinajstić information content (AvgIpc) is 3.33. The quantitative estimate of drug-likeness (QED) is 0.292. The van der Waals surface area contributed by atoms with E-state index in [1.54, 1.807) is 37.3 Å². The molecule has 0 bridgehead atoms. The lowest BCUT2D eigenvalue weighted by Gasteiger charge is -2.17. The molecule has 35 heavy (non-hydrogen) atoms. The molecule has 180 valence electrons. The fourth-order valence-electron chi connectivity index (χ4n) is 4.03. The van der Waals surface area contributed by atoms with Crippen molar-refractivity contribution in [1.82, 2.24) is 9.72 Å². The van der Waals surface area contributed by atoms with Gasteiger partial charge in [-0.25, -0.2) is 9.18 Å². The van der Waals surface area contributed by atoms with Gasteiger partial charge in [-0.1, -0.05) is 61.3 Å². The summed E-state index contributed by atoms with van der Waals surface area (Å²) in [5, 5.41) is 14.0. The first-order chi connectivity index (χ1) is 16.4. The minimum Gasteiger partial charge on any atom is -0.478 e. The van der Waals surface area contributed by atoms with Crippen molar-refractivity contribution >= 4 is 52.1 Å². The Morgan fingerprint density at radius 3 is 2.54 bits per heavy atom. The van der Waals surface area contributed by atoms with Gasteiger partial charge in [0.1, 0.15) is 17.1 Å². The maximum Gasteiger partial charge on any atom is 0.328 e. The molecule has 0 aliphatic carbocycles. The maximum absolute atomic E-state index is 15.1. The largest absolute Gasteiger partial charge is 0.478 e. The van der Waals surface area contributed by atoms with Crippen LogP contribution in [-0.2, 0) is 10.2 Å². The first-order valence-corrected chi connectivity index (χ1v) is 11.4. The molecular formula is C26H21Cl2FN2O4. The lowest BCUT2D eigenvalue weighted by Crippen LogP contribution is -2.19.